The number of fused-ring (bicyclic) bond motifs is 1. The second kappa shape index (κ2) is 6.23. The first-order chi connectivity index (χ1) is 11.5. The monoisotopic (exact) mass is 322 g/mol. The smallest absolute Gasteiger partial charge is 0.138 e. The lowest BCUT2D eigenvalue weighted by molar-refractivity contribution is 0.873. The van der Waals surface area contributed by atoms with E-state index in [1.54, 1.807) is 6.07 Å². The third kappa shape index (κ3) is 3.17. The van der Waals surface area contributed by atoms with Gasteiger partial charge in [0.1, 0.15) is 11.6 Å². The first-order valence-corrected chi connectivity index (χ1v) is 7.85. The quantitative estimate of drug-likeness (QED) is 0.550. The zero-order chi connectivity index (χ0) is 17.3. The molecule has 24 heavy (non-hydrogen) atoms. The number of aromatic nitrogens is 2. The van der Waals surface area contributed by atoms with Crippen molar-refractivity contribution in [2.24, 2.45) is 0 Å². The molecular weight excluding hydrogens is 300 g/mol. The highest BCUT2D eigenvalue weighted by atomic mass is 15.0. The summed E-state index contributed by atoms with van der Waals surface area (Å²) in [5, 5.41) is 7.57. The summed E-state index contributed by atoms with van der Waals surface area (Å²) in [6, 6.07) is 11.6. The molecule has 0 aliphatic heterocycles. The summed E-state index contributed by atoms with van der Waals surface area (Å²) in [7, 11) is 1.89. The lowest BCUT2D eigenvalue weighted by atomic mass is 10.1. The molecule has 6 N–H and O–H groups in total. The number of nitrogens with zero attached hydrogens (tertiary/aromatic N) is 2. The van der Waals surface area contributed by atoms with E-state index in [9.17, 15) is 0 Å². The number of benzene rings is 2. The van der Waals surface area contributed by atoms with Gasteiger partial charge in [0.15, 0.2) is 0 Å². The second-order valence-corrected chi connectivity index (χ2v) is 5.90. The normalized spacial score (nSPS) is 12.1. The molecule has 0 radical (unpaired) electrons. The van der Waals surface area contributed by atoms with Gasteiger partial charge < -0.3 is 22.1 Å². The summed E-state index contributed by atoms with van der Waals surface area (Å²) in [4.78, 5) is 9.08. The number of hydrogen-bond donors (Lipinski definition) is 4. The molecule has 1 unspecified atom stereocenters. The fourth-order valence-electron chi connectivity index (χ4n) is 2.75. The average Bonchev–Trinajstić information content (AvgIpc) is 2.53. The van der Waals surface area contributed by atoms with Crippen LogP contribution in [0.15, 0.2) is 36.4 Å². The SMILES string of the molecule is CNc1ccc2nc(C)nc(NC(C)c3cc(N)cc(N)c3)c2c1. The van der Waals surface area contributed by atoms with Crippen LogP contribution in [-0.4, -0.2) is 17.0 Å². The summed E-state index contributed by atoms with van der Waals surface area (Å²) in [6.45, 7) is 3.94. The van der Waals surface area contributed by atoms with Gasteiger partial charge in [0.25, 0.3) is 0 Å². The maximum absolute atomic E-state index is 5.90. The van der Waals surface area contributed by atoms with E-state index in [-0.39, 0.29) is 6.04 Å². The average molecular weight is 322 g/mol. The molecule has 1 atom stereocenters. The van der Waals surface area contributed by atoms with E-state index >= 15 is 0 Å². The molecule has 1 heterocycles. The molecule has 0 aliphatic carbocycles. The second-order valence-electron chi connectivity index (χ2n) is 5.90. The zero-order valence-corrected chi connectivity index (χ0v) is 14.1. The van der Waals surface area contributed by atoms with Crippen LogP contribution >= 0.6 is 0 Å². The van der Waals surface area contributed by atoms with E-state index in [1.807, 2.05) is 44.3 Å². The van der Waals surface area contributed by atoms with E-state index in [0.717, 1.165) is 33.8 Å². The van der Waals surface area contributed by atoms with Crippen LogP contribution in [0.4, 0.5) is 22.9 Å². The van der Waals surface area contributed by atoms with Crippen LogP contribution in [0.5, 0.6) is 0 Å². The van der Waals surface area contributed by atoms with Gasteiger partial charge in [-0.2, -0.15) is 0 Å². The third-order valence-corrected chi connectivity index (χ3v) is 3.95. The minimum Gasteiger partial charge on any atom is -0.399 e. The third-order valence-electron chi connectivity index (χ3n) is 3.95. The van der Waals surface area contributed by atoms with Gasteiger partial charge in [-0.1, -0.05) is 0 Å². The van der Waals surface area contributed by atoms with Crippen molar-refractivity contribution >= 4 is 33.8 Å². The summed E-state index contributed by atoms with van der Waals surface area (Å²) in [6.07, 6.45) is 0. The Labute approximate surface area is 141 Å². The Hall–Kier alpha value is -3.02. The van der Waals surface area contributed by atoms with Crippen LogP contribution < -0.4 is 22.1 Å². The molecule has 3 aromatic rings. The molecule has 0 spiro atoms. The van der Waals surface area contributed by atoms with Gasteiger partial charge in [0.2, 0.25) is 0 Å². The Morgan fingerprint density at radius 1 is 1.00 bits per heavy atom. The molecular formula is C18H22N6. The summed E-state index contributed by atoms with van der Waals surface area (Å²) < 4.78 is 0. The molecule has 3 rings (SSSR count). The van der Waals surface area contributed by atoms with Gasteiger partial charge in [0.05, 0.1) is 11.6 Å². The number of rotatable bonds is 4. The first-order valence-electron chi connectivity index (χ1n) is 7.85. The Balaban J connectivity index is 2.02. The molecule has 0 fully saturated rings. The van der Waals surface area contributed by atoms with E-state index in [0.29, 0.717) is 11.4 Å². The molecule has 0 saturated heterocycles. The van der Waals surface area contributed by atoms with Gasteiger partial charge in [-0.05, 0) is 55.8 Å². The predicted molar refractivity (Wildman–Crippen MR) is 101 cm³/mol. The van der Waals surface area contributed by atoms with Crippen LogP contribution in [0.1, 0.15) is 24.4 Å². The van der Waals surface area contributed by atoms with Crippen molar-refractivity contribution in [3.8, 4) is 0 Å². The fourth-order valence-corrected chi connectivity index (χ4v) is 2.75. The van der Waals surface area contributed by atoms with Crippen molar-refractivity contribution in [3.63, 3.8) is 0 Å². The number of hydrogen-bond acceptors (Lipinski definition) is 6. The van der Waals surface area contributed by atoms with Crippen LogP contribution in [0.2, 0.25) is 0 Å². The number of nitrogen functional groups attached to an aromatic ring is 2. The Bertz CT molecular complexity index is 870. The standard InChI is InChI=1S/C18H22N6/c1-10(12-6-13(19)8-14(20)7-12)22-18-16-9-15(21-3)4-5-17(16)23-11(2)24-18/h4-10,21H,19-20H2,1-3H3,(H,22,23,24). The minimum atomic E-state index is 0.00606. The number of nitrogens with two attached hydrogens (primary N) is 2. The maximum atomic E-state index is 5.90. The maximum Gasteiger partial charge on any atom is 0.138 e. The van der Waals surface area contributed by atoms with Crippen LogP contribution in [-0.2, 0) is 0 Å². The van der Waals surface area contributed by atoms with Crippen molar-refractivity contribution in [1.82, 2.24) is 9.97 Å². The first kappa shape index (κ1) is 15.9. The van der Waals surface area contributed by atoms with E-state index < -0.39 is 0 Å². The highest BCUT2D eigenvalue weighted by Crippen LogP contribution is 2.28. The molecule has 2 aromatic carbocycles. The van der Waals surface area contributed by atoms with E-state index in [4.69, 9.17) is 11.5 Å². The molecule has 0 saturated carbocycles. The summed E-state index contributed by atoms with van der Waals surface area (Å²) >= 11 is 0. The largest absolute Gasteiger partial charge is 0.399 e. The van der Waals surface area contributed by atoms with Crippen molar-refractivity contribution in [2.45, 2.75) is 19.9 Å². The van der Waals surface area contributed by atoms with Crippen LogP contribution in [0.3, 0.4) is 0 Å². The lowest BCUT2D eigenvalue weighted by Gasteiger charge is -2.18. The molecule has 124 valence electrons. The highest BCUT2D eigenvalue weighted by molar-refractivity contribution is 5.91. The summed E-state index contributed by atoms with van der Waals surface area (Å²) in [5.74, 6) is 1.52. The van der Waals surface area contributed by atoms with Crippen molar-refractivity contribution < 1.29 is 0 Å². The fraction of sp³-hybridized carbons (Fsp3) is 0.222. The highest BCUT2D eigenvalue weighted by Gasteiger charge is 2.12. The predicted octanol–water partition coefficient (Wildman–Crippen LogP) is 3.32. The Kier molecular flexibility index (Phi) is 4.12. The summed E-state index contributed by atoms with van der Waals surface area (Å²) in [5.41, 5.74) is 16.0. The van der Waals surface area contributed by atoms with Gasteiger partial charge in [-0.3, -0.25) is 0 Å². The van der Waals surface area contributed by atoms with Gasteiger partial charge in [0, 0.05) is 29.5 Å². The van der Waals surface area contributed by atoms with Crippen molar-refractivity contribution in [3.05, 3.63) is 47.8 Å². The lowest BCUT2D eigenvalue weighted by Crippen LogP contribution is -2.10. The van der Waals surface area contributed by atoms with Gasteiger partial charge >= 0.3 is 0 Å². The van der Waals surface area contributed by atoms with E-state index in [2.05, 4.69) is 27.5 Å². The number of aryl methyl sites for hydroxylation is 1. The van der Waals surface area contributed by atoms with Gasteiger partial charge in [-0.15, -0.1) is 0 Å². The molecule has 0 aliphatic rings. The minimum absolute atomic E-state index is 0.00606. The Morgan fingerprint density at radius 2 is 1.71 bits per heavy atom. The van der Waals surface area contributed by atoms with Crippen LogP contribution in [0, 0.1) is 6.92 Å². The Morgan fingerprint density at radius 3 is 2.38 bits per heavy atom. The topological polar surface area (TPSA) is 102 Å². The molecule has 0 bridgehead atoms. The molecule has 6 nitrogen and oxygen atoms in total. The van der Waals surface area contributed by atoms with Gasteiger partial charge in [-0.25, -0.2) is 9.97 Å². The van der Waals surface area contributed by atoms with E-state index in [1.165, 1.54) is 0 Å². The van der Waals surface area contributed by atoms with Crippen molar-refractivity contribution in [1.29, 1.82) is 0 Å². The number of nitrogens with one attached hydrogen (secondary N) is 2. The molecule has 1 aromatic heterocycles. The molecule has 0 amide bonds. The number of anilines is 4. The van der Waals surface area contributed by atoms with Crippen LogP contribution in [0.25, 0.3) is 10.9 Å². The zero-order valence-electron chi connectivity index (χ0n) is 14.1. The molecule has 6 heteroatoms. The van der Waals surface area contributed by atoms with Crippen molar-refractivity contribution in [2.75, 3.05) is 29.1 Å².